The Bertz CT molecular complexity index is 1270. The summed E-state index contributed by atoms with van der Waals surface area (Å²) in [4.78, 5) is 23.1. The van der Waals surface area contributed by atoms with Crippen LogP contribution in [-0.2, 0) is 4.79 Å². The molecule has 3 aromatic rings. The number of hydrogen-bond acceptors (Lipinski definition) is 6. The van der Waals surface area contributed by atoms with Crippen LogP contribution in [0.2, 0.25) is 5.02 Å². The van der Waals surface area contributed by atoms with E-state index in [0.717, 1.165) is 5.56 Å². The molecule has 0 bridgehead atoms. The number of likely N-dealkylation sites (tertiary alicyclic amines) is 1. The zero-order chi connectivity index (χ0) is 25.5. The van der Waals surface area contributed by atoms with Crippen LogP contribution in [0.1, 0.15) is 43.0 Å². The molecule has 1 unspecified atom stereocenters. The van der Waals surface area contributed by atoms with Gasteiger partial charge in [-0.15, -0.1) is 0 Å². The Morgan fingerprint density at radius 3 is 2.75 bits per heavy atom. The molecule has 2 aromatic heterocycles. The van der Waals surface area contributed by atoms with Crippen molar-refractivity contribution >= 4 is 28.4 Å². The van der Waals surface area contributed by atoms with E-state index in [1.807, 2.05) is 17.6 Å². The van der Waals surface area contributed by atoms with Crippen LogP contribution in [0.15, 0.2) is 48.9 Å². The number of pyridine rings is 2. The van der Waals surface area contributed by atoms with Gasteiger partial charge in [-0.3, -0.25) is 24.9 Å². The fraction of sp³-hybridized carbons (Fsp3) is 0.370. The Labute approximate surface area is 214 Å². The molecule has 1 saturated heterocycles. The van der Waals surface area contributed by atoms with Crippen LogP contribution in [0.25, 0.3) is 10.9 Å². The molecule has 4 rings (SSSR count). The largest absolute Gasteiger partial charge is 0.497 e. The van der Waals surface area contributed by atoms with Crippen LogP contribution < -0.4 is 10.2 Å². The van der Waals surface area contributed by atoms with Gasteiger partial charge >= 0.3 is 0 Å². The van der Waals surface area contributed by atoms with Gasteiger partial charge in [-0.05, 0) is 56.0 Å². The number of carbonyl (C=O) groups is 1. The van der Waals surface area contributed by atoms with Crippen molar-refractivity contribution in [2.45, 2.75) is 31.9 Å². The molecule has 1 aliphatic heterocycles. The second-order valence-electron chi connectivity index (χ2n) is 8.94. The summed E-state index contributed by atoms with van der Waals surface area (Å²) >= 11 is 6.37. The lowest BCUT2D eigenvalue weighted by molar-refractivity contribution is -0.143. The van der Waals surface area contributed by atoms with Crippen molar-refractivity contribution in [3.05, 3.63) is 65.1 Å². The second-order valence-corrected chi connectivity index (χ2v) is 9.35. The lowest BCUT2D eigenvalue weighted by Crippen LogP contribution is -2.48. The van der Waals surface area contributed by atoms with E-state index >= 15 is 4.39 Å². The maximum Gasteiger partial charge on any atom is 0.249 e. The average molecular weight is 511 g/mol. The molecule has 0 saturated carbocycles. The molecular formula is C27H28ClFN4O3. The van der Waals surface area contributed by atoms with Gasteiger partial charge in [0, 0.05) is 48.2 Å². The number of nitrogens with zero attached hydrogens (tertiary/aromatic N) is 3. The standard InChI is InChI=1S/C27H28ClFN4O3/c1-36-20-4-5-24-21(17-20)25(22(28)18-31-24)23(29)6-9-27(26(34)32-35)10-15-33(16-11-27)14-2-3-19-7-12-30-13-8-19/h4-5,7-8,12-13,17-18,23,35H,6,9-11,14-16H2,1H3,(H,32,34). The predicted molar refractivity (Wildman–Crippen MR) is 136 cm³/mol. The second kappa shape index (κ2) is 11.7. The number of carbonyl (C=O) groups excluding carboxylic acids is 1. The molecule has 0 aliphatic carbocycles. The van der Waals surface area contributed by atoms with Crippen LogP contribution in [0, 0.1) is 17.3 Å². The summed E-state index contributed by atoms with van der Waals surface area (Å²) in [5.74, 6) is 6.36. The summed E-state index contributed by atoms with van der Waals surface area (Å²) in [5.41, 5.74) is 2.78. The molecule has 1 aromatic carbocycles. The highest BCUT2D eigenvalue weighted by molar-refractivity contribution is 6.32. The SMILES string of the molecule is COc1ccc2ncc(Cl)c(C(F)CCC3(C(=O)NO)CCN(CC#Cc4ccncc4)CC3)c2c1. The van der Waals surface area contributed by atoms with Crippen molar-refractivity contribution in [2.24, 2.45) is 5.41 Å². The highest BCUT2D eigenvalue weighted by Gasteiger charge is 2.41. The molecule has 0 spiro atoms. The minimum Gasteiger partial charge on any atom is -0.497 e. The van der Waals surface area contributed by atoms with Gasteiger partial charge < -0.3 is 4.74 Å². The molecule has 2 N–H and O–H groups in total. The molecule has 7 nitrogen and oxygen atoms in total. The van der Waals surface area contributed by atoms with Gasteiger partial charge in [-0.2, -0.15) is 0 Å². The van der Waals surface area contributed by atoms with Crippen LogP contribution in [-0.4, -0.2) is 52.7 Å². The summed E-state index contributed by atoms with van der Waals surface area (Å²) in [7, 11) is 1.54. The van der Waals surface area contributed by atoms with E-state index in [1.54, 1.807) is 37.7 Å². The molecule has 1 fully saturated rings. The average Bonchev–Trinajstić information content (AvgIpc) is 2.92. The zero-order valence-electron chi connectivity index (χ0n) is 20.0. The van der Waals surface area contributed by atoms with E-state index < -0.39 is 17.5 Å². The number of alkyl halides is 1. The maximum atomic E-state index is 15.7. The molecule has 1 atom stereocenters. The number of fused-ring (bicyclic) bond motifs is 1. The van der Waals surface area contributed by atoms with Crippen LogP contribution in [0.4, 0.5) is 4.39 Å². The summed E-state index contributed by atoms with van der Waals surface area (Å²) in [6.45, 7) is 1.79. The first kappa shape index (κ1) is 25.8. The lowest BCUT2D eigenvalue weighted by Gasteiger charge is -2.40. The Balaban J connectivity index is 1.45. The van der Waals surface area contributed by atoms with Crippen LogP contribution in [0.3, 0.4) is 0 Å². The number of halogens is 2. The van der Waals surface area contributed by atoms with E-state index in [2.05, 4.69) is 26.7 Å². The molecule has 3 heterocycles. The van der Waals surface area contributed by atoms with Gasteiger partial charge in [0.2, 0.25) is 5.91 Å². The third kappa shape index (κ3) is 5.76. The Morgan fingerprint density at radius 1 is 1.31 bits per heavy atom. The molecule has 36 heavy (non-hydrogen) atoms. The van der Waals surface area contributed by atoms with Crippen molar-refractivity contribution < 1.29 is 19.1 Å². The number of hydroxylamine groups is 1. The van der Waals surface area contributed by atoms with Gasteiger partial charge in [-0.25, -0.2) is 9.87 Å². The van der Waals surface area contributed by atoms with Crippen molar-refractivity contribution in [1.29, 1.82) is 0 Å². The molecule has 188 valence electrons. The first-order valence-electron chi connectivity index (χ1n) is 11.8. The minimum atomic E-state index is -1.41. The Kier molecular flexibility index (Phi) is 8.36. The van der Waals surface area contributed by atoms with Gasteiger partial charge in [0.05, 0.1) is 29.6 Å². The van der Waals surface area contributed by atoms with E-state index in [4.69, 9.17) is 16.3 Å². The number of piperidine rings is 1. The van der Waals surface area contributed by atoms with Gasteiger partial charge in [0.15, 0.2) is 0 Å². The number of nitrogens with one attached hydrogen (secondary N) is 1. The van der Waals surface area contributed by atoms with Gasteiger partial charge in [0.25, 0.3) is 0 Å². The summed E-state index contributed by atoms with van der Waals surface area (Å²) in [5, 5.41) is 10.2. The van der Waals surface area contributed by atoms with E-state index in [9.17, 15) is 10.0 Å². The first-order chi connectivity index (χ1) is 17.5. The topological polar surface area (TPSA) is 87.6 Å². The number of benzene rings is 1. The molecule has 9 heteroatoms. The van der Waals surface area contributed by atoms with Crippen molar-refractivity contribution in [3.8, 4) is 17.6 Å². The molecule has 1 aliphatic rings. The number of rotatable bonds is 7. The Hall–Kier alpha value is -3.25. The van der Waals surface area contributed by atoms with Gasteiger partial charge in [0.1, 0.15) is 11.9 Å². The normalized spacial score (nSPS) is 16.1. The fourth-order valence-electron chi connectivity index (χ4n) is 4.70. The highest BCUT2D eigenvalue weighted by atomic mass is 35.5. The third-order valence-corrected chi connectivity index (χ3v) is 7.17. The smallest absolute Gasteiger partial charge is 0.249 e. The van der Waals surface area contributed by atoms with E-state index in [1.165, 1.54) is 6.20 Å². The summed E-state index contributed by atoms with van der Waals surface area (Å²) < 4.78 is 21.0. The third-order valence-electron chi connectivity index (χ3n) is 6.87. The van der Waals surface area contributed by atoms with Crippen molar-refractivity contribution in [2.75, 3.05) is 26.7 Å². The number of amides is 1. The van der Waals surface area contributed by atoms with Crippen molar-refractivity contribution in [1.82, 2.24) is 20.3 Å². The quantitative estimate of drug-likeness (QED) is 0.272. The first-order valence-corrected chi connectivity index (χ1v) is 12.2. The highest BCUT2D eigenvalue weighted by Crippen LogP contribution is 2.42. The van der Waals surface area contributed by atoms with Gasteiger partial charge in [-0.1, -0.05) is 23.4 Å². The van der Waals surface area contributed by atoms with E-state index in [-0.39, 0.29) is 17.9 Å². The van der Waals surface area contributed by atoms with Crippen LogP contribution in [0.5, 0.6) is 5.75 Å². The monoisotopic (exact) mass is 510 g/mol. The van der Waals surface area contributed by atoms with Crippen molar-refractivity contribution in [3.63, 3.8) is 0 Å². The molecular weight excluding hydrogens is 483 g/mol. The molecule has 0 radical (unpaired) electrons. The Morgan fingerprint density at radius 2 is 2.06 bits per heavy atom. The number of hydrogen-bond donors (Lipinski definition) is 2. The predicted octanol–water partition coefficient (Wildman–Crippen LogP) is 4.72. The lowest BCUT2D eigenvalue weighted by atomic mass is 9.73. The molecule has 1 amide bonds. The minimum absolute atomic E-state index is 0.0747. The van der Waals surface area contributed by atoms with Crippen LogP contribution >= 0.6 is 11.6 Å². The summed E-state index contributed by atoms with van der Waals surface area (Å²) in [6.07, 6.45) is 4.74. The fourth-order valence-corrected chi connectivity index (χ4v) is 4.97. The zero-order valence-corrected chi connectivity index (χ0v) is 20.8. The number of aromatic nitrogens is 2. The number of ether oxygens (including phenoxy) is 1. The summed E-state index contributed by atoms with van der Waals surface area (Å²) in [6, 6.07) is 8.94. The maximum absolute atomic E-state index is 15.7. The van der Waals surface area contributed by atoms with E-state index in [0.29, 0.717) is 54.7 Å². The number of methoxy groups -OCH3 is 1.